The first kappa shape index (κ1) is 35.1. The Kier molecular flexibility index (Phi) is 9.03. The Morgan fingerprint density at radius 1 is 1.04 bits per heavy atom. The summed E-state index contributed by atoms with van der Waals surface area (Å²) < 4.78 is 32.6. The highest BCUT2D eigenvalue weighted by atomic mass is 32.2. The molecule has 3 aliphatic carbocycles. The van der Waals surface area contributed by atoms with Gasteiger partial charge >= 0.3 is 5.91 Å². The predicted octanol–water partition coefficient (Wildman–Crippen LogP) is 3.22. The average Bonchev–Trinajstić information content (AvgIpc) is 3.95. The van der Waals surface area contributed by atoms with Gasteiger partial charge in [-0.05, 0) is 48.4 Å². The van der Waals surface area contributed by atoms with Gasteiger partial charge in [-0.2, -0.15) is 0 Å². The minimum Gasteiger partial charge on any atom is -0.459 e. The quantitative estimate of drug-likeness (QED) is 0.112. The molecule has 3 N–H and O–H groups in total. The second-order valence-corrected chi connectivity index (χ2v) is 16.0. The topological polar surface area (TPSA) is 188 Å². The Balaban J connectivity index is 1.18. The highest BCUT2D eigenvalue weighted by molar-refractivity contribution is 7.91. The maximum Gasteiger partial charge on any atom is 0.313 e. The smallest absolute Gasteiger partial charge is 0.313 e. The molecule has 3 aromatic rings. The number of benzene rings is 2. The molecule has 0 radical (unpaired) electrons. The lowest BCUT2D eigenvalue weighted by Gasteiger charge is -2.33. The number of amides is 4. The van der Waals surface area contributed by atoms with Gasteiger partial charge < -0.3 is 19.5 Å². The van der Waals surface area contributed by atoms with Crippen molar-refractivity contribution in [2.75, 3.05) is 6.54 Å². The second kappa shape index (κ2) is 13.4. The number of hydrogen-bond acceptors (Lipinski definition) is 10. The molecule has 3 fully saturated rings. The van der Waals surface area contributed by atoms with E-state index in [0.717, 1.165) is 22.3 Å². The van der Waals surface area contributed by atoms with Crippen molar-refractivity contribution in [3.8, 4) is 11.1 Å². The predicted molar refractivity (Wildman–Crippen MR) is 187 cm³/mol. The van der Waals surface area contributed by atoms with Gasteiger partial charge in [-0.15, -0.1) is 6.58 Å². The maximum atomic E-state index is 14.4. The van der Waals surface area contributed by atoms with E-state index in [9.17, 15) is 32.8 Å². The van der Waals surface area contributed by atoms with Gasteiger partial charge in [0.2, 0.25) is 21.8 Å². The lowest BCUT2D eigenvalue weighted by molar-refractivity contribution is -0.159. The molecule has 1 aliphatic heterocycles. The van der Waals surface area contributed by atoms with Crippen LogP contribution in [0.3, 0.4) is 0 Å². The normalized spacial score (nSPS) is 23.7. The fraction of sp³-hybridized carbons (Fsp3) is 0.378. The van der Waals surface area contributed by atoms with Gasteiger partial charge in [-0.1, -0.05) is 73.6 Å². The van der Waals surface area contributed by atoms with E-state index in [1.807, 2.05) is 48.5 Å². The molecule has 272 valence electrons. The first-order chi connectivity index (χ1) is 24.9. The van der Waals surface area contributed by atoms with Gasteiger partial charge in [0.1, 0.15) is 29.4 Å². The number of likely N-dealkylation sites (tertiary alicyclic amines) is 1. The number of oxime groups is 1. The molecule has 0 bridgehead atoms. The van der Waals surface area contributed by atoms with Crippen LogP contribution in [0.2, 0.25) is 0 Å². The monoisotopic (exact) mass is 729 g/mol. The summed E-state index contributed by atoms with van der Waals surface area (Å²) in [5.74, 6) is -4.68. The number of carbonyl (C=O) groups is 4. The number of hydrogen-bond donors (Lipinski definition) is 3. The van der Waals surface area contributed by atoms with Crippen LogP contribution in [-0.4, -0.2) is 88.4 Å². The van der Waals surface area contributed by atoms with Crippen LogP contribution in [0.4, 0.5) is 0 Å². The number of nitrogens with zero attached hydrogens (tertiary/aromatic N) is 3. The Morgan fingerprint density at radius 2 is 1.67 bits per heavy atom. The van der Waals surface area contributed by atoms with E-state index in [-0.39, 0.29) is 25.1 Å². The highest BCUT2D eigenvalue weighted by Gasteiger charge is 2.62. The number of hydroxylamine groups is 2. The molecule has 5 atom stereocenters. The lowest BCUT2D eigenvalue weighted by Crippen LogP contribution is -2.59. The van der Waals surface area contributed by atoms with Crippen LogP contribution in [0.1, 0.15) is 61.2 Å². The fourth-order valence-corrected chi connectivity index (χ4v) is 8.45. The van der Waals surface area contributed by atoms with Crippen LogP contribution >= 0.6 is 0 Å². The third-order valence-corrected chi connectivity index (χ3v) is 12.0. The first-order valence-corrected chi connectivity index (χ1v) is 18.7. The number of rotatable bonds is 12. The summed E-state index contributed by atoms with van der Waals surface area (Å²) in [6, 6.07) is 15.6. The molecule has 15 heteroatoms. The molecular formula is C37H39N5O9S. The average molecular weight is 730 g/mol. The van der Waals surface area contributed by atoms with Crippen molar-refractivity contribution in [1.29, 1.82) is 0 Å². The summed E-state index contributed by atoms with van der Waals surface area (Å²) in [5.41, 5.74) is 2.67. The Morgan fingerprint density at radius 3 is 2.21 bits per heavy atom. The summed E-state index contributed by atoms with van der Waals surface area (Å²) in [4.78, 5) is 62.4. The van der Waals surface area contributed by atoms with Crippen molar-refractivity contribution in [3.05, 3.63) is 96.5 Å². The van der Waals surface area contributed by atoms with E-state index in [2.05, 4.69) is 21.8 Å². The Labute approximate surface area is 300 Å². The van der Waals surface area contributed by atoms with Gasteiger partial charge in [0.15, 0.2) is 5.76 Å². The molecule has 52 heavy (non-hydrogen) atoms. The van der Waals surface area contributed by atoms with Crippen molar-refractivity contribution in [3.63, 3.8) is 0 Å². The summed E-state index contributed by atoms with van der Waals surface area (Å²) in [6.07, 6.45) is 2.84. The molecule has 14 nitrogen and oxygen atoms in total. The second-order valence-electron chi connectivity index (χ2n) is 14.0. The molecule has 2 aromatic carbocycles. The van der Waals surface area contributed by atoms with E-state index in [0.29, 0.717) is 23.6 Å². The molecule has 7 rings (SSSR count). The van der Waals surface area contributed by atoms with E-state index in [1.165, 1.54) is 29.4 Å². The number of carbonyl (C=O) groups excluding carboxylic acids is 4. The summed E-state index contributed by atoms with van der Waals surface area (Å²) in [5, 5.41) is 18.0. The van der Waals surface area contributed by atoms with Gasteiger partial charge in [0.05, 0.1) is 18.1 Å². The molecule has 2 saturated carbocycles. The number of furan rings is 1. The summed E-state index contributed by atoms with van der Waals surface area (Å²) in [7, 11) is -3.92. The fourth-order valence-electron chi connectivity index (χ4n) is 7.09. The van der Waals surface area contributed by atoms with Crippen LogP contribution in [0, 0.1) is 11.8 Å². The zero-order valence-electron chi connectivity index (χ0n) is 28.6. The molecule has 1 aromatic heterocycles. The van der Waals surface area contributed by atoms with Crippen molar-refractivity contribution >= 4 is 39.4 Å². The summed E-state index contributed by atoms with van der Waals surface area (Å²) in [6.45, 7) is 6.87. The van der Waals surface area contributed by atoms with Gasteiger partial charge in [-0.25, -0.2) is 13.5 Å². The number of sulfonamides is 1. The van der Waals surface area contributed by atoms with Gasteiger partial charge in [-0.3, -0.25) is 29.1 Å². The van der Waals surface area contributed by atoms with Crippen molar-refractivity contribution in [2.45, 2.75) is 68.5 Å². The van der Waals surface area contributed by atoms with Gasteiger partial charge in [0.25, 0.3) is 5.91 Å². The van der Waals surface area contributed by atoms with E-state index >= 15 is 0 Å². The molecule has 1 saturated heterocycles. The third kappa shape index (κ3) is 6.27. The molecule has 4 amide bonds. The standard InChI is InChI=1S/C37H39N5O9S/c1-4-22-19-37(22,36(46)40-52(48,49)24-15-16-24)38-33(43)29-18-23(51-39-31-27-12-7-5-10-25(27)26-11-6-8-13-28(26)31)20-41(29)35(45)32(21(2)3)42(47)34(44)30-14-9-17-50-30/h4-14,17,21-24,29,32,47H,1,15-16,18-20H2,2-3H3,(H,38,43)(H,40,46)/t22-,23-,29+,32-,37+/m1/s1. The molecule has 0 spiro atoms. The molecular weight excluding hydrogens is 691 g/mol. The van der Waals surface area contributed by atoms with Crippen LogP contribution < -0.4 is 10.0 Å². The van der Waals surface area contributed by atoms with E-state index in [4.69, 9.17) is 9.25 Å². The van der Waals surface area contributed by atoms with Gasteiger partial charge in [0, 0.05) is 23.5 Å². The molecule has 4 aliphatic rings. The minimum atomic E-state index is -3.92. The van der Waals surface area contributed by atoms with E-state index < -0.39 is 74.5 Å². The van der Waals surface area contributed by atoms with Crippen LogP contribution in [0.25, 0.3) is 11.1 Å². The van der Waals surface area contributed by atoms with Crippen molar-refractivity contribution in [2.24, 2.45) is 17.0 Å². The zero-order chi connectivity index (χ0) is 36.9. The van der Waals surface area contributed by atoms with E-state index in [1.54, 1.807) is 13.8 Å². The largest absolute Gasteiger partial charge is 0.459 e. The minimum absolute atomic E-state index is 0.0587. The van der Waals surface area contributed by atoms with Crippen LogP contribution in [-0.2, 0) is 29.2 Å². The van der Waals surface area contributed by atoms with Crippen LogP contribution in [0.15, 0.2) is 89.2 Å². The SMILES string of the molecule is C=C[C@@H]1C[C@@]1(NC(=O)[C@@H]1C[C@@H](ON=C2c3ccccc3-c3ccccc32)CN1C(=O)[C@@H](C(C)C)N(O)C(=O)c1ccco1)C(=O)NS(=O)(=O)C1CC1. The number of nitrogens with one attached hydrogen (secondary N) is 2. The maximum absolute atomic E-state index is 14.4. The van der Waals surface area contributed by atoms with Crippen molar-refractivity contribution in [1.82, 2.24) is 20.0 Å². The third-order valence-electron chi connectivity index (χ3n) is 10.1. The summed E-state index contributed by atoms with van der Waals surface area (Å²) >= 11 is 0. The Bertz CT molecular complexity index is 2030. The number of fused-ring (bicyclic) bond motifs is 3. The van der Waals surface area contributed by atoms with Crippen molar-refractivity contribution < 1.29 is 42.1 Å². The zero-order valence-corrected chi connectivity index (χ0v) is 29.4. The first-order valence-electron chi connectivity index (χ1n) is 17.2. The Hall–Kier alpha value is -5.28. The lowest BCUT2D eigenvalue weighted by atomic mass is 10.0. The highest BCUT2D eigenvalue weighted by Crippen LogP contribution is 2.45. The molecule has 2 heterocycles. The van der Waals surface area contributed by atoms with Crippen LogP contribution in [0.5, 0.6) is 0 Å². The molecule has 0 unspecified atom stereocenters.